The maximum atomic E-state index is 4.27. The van der Waals surface area contributed by atoms with Gasteiger partial charge in [0.05, 0.1) is 0 Å². The Labute approximate surface area is 117 Å². The molecule has 0 unspecified atom stereocenters. The SMILES string of the molecule is CCNc1cc(NCCN(C(C)C)C(C)C)ccn1. The molecule has 0 bridgehead atoms. The second-order valence-corrected chi connectivity index (χ2v) is 5.31. The number of nitrogens with zero attached hydrogens (tertiary/aromatic N) is 2. The number of hydrogen-bond donors (Lipinski definition) is 2. The normalized spacial score (nSPS) is 11.4. The van der Waals surface area contributed by atoms with Crippen LogP contribution < -0.4 is 10.6 Å². The highest BCUT2D eigenvalue weighted by Gasteiger charge is 2.12. The molecule has 0 spiro atoms. The maximum absolute atomic E-state index is 4.27. The van der Waals surface area contributed by atoms with Crippen molar-refractivity contribution in [2.45, 2.75) is 46.7 Å². The molecule has 2 N–H and O–H groups in total. The smallest absolute Gasteiger partial charge is 0.127 e. The maximum Gasteiger partial charge on any atom is 0.127 e. The minimum atomic E-state index is 0.580. The fourth-order valence-electron chi connectivity index (χ4n) is 2.26. The molecule has 108 valence electrons. The number of rotatable bonds is 8. The molecule has 0 aliphatic carbocycles. The van der Waals surface area contributed by atoms with Crippen molar-refractivity contribution in [3.05, 3.63) is 18.3 Å². The molecule has 0 aromatic carbocycles. The van der Waals surface area contributed by atoms with E-state index in [0.717, 1.165) is 31.1 Å². The second kappa shape index (κ2) is 8.00. The lowest BCUT2D eigenvalue weighted by Gasteiger charge is -2.30. The Morgan fingerprint density at radius 2 is 1.84 bits per heavy atom. The Kier molecular flexibility index (Phi) is 6.64. The lowest BCUT2D eigenvalue weighted by Crippen LogP contribution is -2.40. The minimum absolute atomic E-state index is 0.580. The molecule has 4 nitrogen and oxygen atoms in total. The molecule has 1 aromatic rings. The first-order valence-electron chi connectivity index (χ1n) is 7.24. The Morgan fingerprint density at radius 3 is 2.42 bits per heavy atom. The summed E-state index contributed by atoms with van der Waals surface area (Å²) in [6.07, 6.45) is 1.84. The highest BCUT2D eigenvalue weighted by molar-refractivity contribution is 5.51. The number of hydrogen-bond acceptors (Lipinski definition) is 4. The molecular formula is C15H28N4. The van der Waals surface area contributed by atoms with Gasteiger partial charge in [-0.1, -0.05) is 0 Å². The van der Waals surface area contributed by atoms with Crippen molar-refractivity contribution in [3.63, 3.8) is 0 Å². The van der Waals surface area contributed by atoms with Gasteiger partial charge in [0.25, 0.3) is 0 Å². The summed E-state index contributed by atoms with van der Waals surface area (Å²) in [6.45, 7) is 14.0. The Balaban J connectivity index is 2.45. The first-order valence-corrected chi connectivity index (χ1v) is 7.24. The first-order chi connectivity index (χ1) is 9.04. The third-order valence-electron chi connectivity index (χ3n) is 3.14. The molecule has 0 amide bonds. The van der Waals surface area contributed by atoms with Crippen molar-refractivity contribution in [2.75, 3.05) is 30.3 Å². The topological polar surface area (TPSA) is 40.2 Å². The quantitative estimate of drug-likeness (QED) is 0.757. The van der Waals surface area contributed by atoms with E-state index >= 15 is 0 Å². The predicted octanol–water partition coefficient (Wildman–Crippen LogP) is 3.04. The zero-order valence-corrected chi connectivity index (χ0v) is 12.9. The molecule has 0 radical (unpaired) electrons. The fourth-order valence-corrected chi connectivity index (χ4v) is 2.26. The van der Waals surface area contributed by atoms with Crippen molar-refractivity contribution in [1.29, 1.82) is 0 Å². The van der Waals surface area contributed by atoms with E-state index in [2.05, 4.69) is 61.2 Å². The average Bonchev–Trinajstić information content (AvgIpc) is 2.34. The summed E-state index contributed by atoms with van der Waals surface area (Å²) in [5, 5.41) is 6.68. The van der Waals surface area contributed by atoms with E-state index in [4.69, 9.17) is 0 Å². The molecular weight excluding hydrogens is 236 g/mol. The van der Waals surface area contributed by atoms with E-state index < -0.39 is 0 Å². The largest absolute Gasteiger partial charge is 0.384 e. The molecule has 1 heterocycles. The number of nitrogens with one attached hydrogen (secondary N) is 2. The van der Waals surface area contributed by atoms with Gasteiger partial charge in [0.2, 0.25) is 0 Å². The van der Waals surface area contributed by atoms with E-state index in [1.54, 1.807) is 0 Å². The number of anilines is 2. The molecule has 0 aliphatic rings. The van der Waals surface area contributed by atoms with Crippen LogP contribution in [-0.2, 0) is 0 Å². The van der Waals surface area contributed by atoms with Gasteiger partial charge in [-0.3, -0.25) is 4.90 Å². The summed E-state index contributed by atoms with van der Waals surface area (Å²) < 4.78 is 0. The molecule has 1 rings (SSSR count). The first kappa shape index (κ1) is 15.8. The van der Waals surface area contributed by atoms with Crippen LogP contribution in [0, 0.1) is 0 Å². The summed E-state index contributed by atoms with van der Waals surface area (Å²) in [6, 6.07) is 5.22. The molecule has 0 fully saturated rings. The van der Waals surface area contributed by atoms with E-state index in [1.165, 1.54) is 0 Å². The summed E-state index contributed by atoms with van der Waals surface area (Å²) >= 11 is 0. The summed E-state index contributed by atoms with van der Waals surface area (Å²) in [7, 11) is 0. The van der Waals surface area contributed by atoms with E-state index in [1.807, 2.05) is 12.3 Å². The molecule has 0 saturated heterocycles. The van der Waals surface area contributed by atoms with Crippen LogP contribution in [0.3, 0.4) is 0 Å². The average molecular weight is 264 g/mol. The van der Waals surface area contributed by atoms with Crippen molar-refractivity contribution in [2.24, 2.45) is 0 Å². The third-order valence-corrected chi connectivity index (χ3v) is 3.14. The van der Waals surface area contributed by atoms with Crippen molar-refractivity contribution < 1.29 is 0 Å². The highest BCUT2D eigenvalue weighted by Crippen LogP contribution is 2.12. The van der Waals surface area contributed by atoms with Gasteiger partial charge in [0.15, 0.2) is 0 Å². The fraction of sp³-hybridized carbons (Fsp3) is 0.667. The van der Waals surface area contributed by atoms with Crippen LogP contribution in [0.2, 0.25) is 0 Å². The van der Waals surface area contributed by atoms with Crippen LogP contribution in [-0.4, -0.2) is 41.6 Å². The van der Waals surface area contributed by atoms with Crippen LogP contribution in [0.25, 0.3) is 0 Å². The molecule has 0 saturated carbocycles. The third kappa shape index (κ3) is 5.47. The van der Waals surface area contributed by atoms with Crippen molar-refractivity contribution >= 4 is 11.5 Å². The standard InChI is InChI=1S/C15H28N4/c1-6-16-15-11-14(7-8-18-15)17-9-10-19(12(2)3)13(4)5/h7-8,11-13H,6,9-10H2,1-5H3,(H2,16,17,18). The Hall–Kier alpha value is -1.29. The van der Waals surface area contributed by atoms with Gasteiger partial charge >= 0.3 is 0 Å². The van der Waals surface area contributed by atoms with Gasteiger partial charge in [-0.05, 0) is 40.7 Å². The van der Waals surface area contributed by atoms with Gasteiger partial charge < -0.3 is 10.6 Å². The van der Waals surface area contributed by atoms with Gasteiger partial charge in [0.1, 0.15) is 5.82 Å². The number of pyridine rings is 1. The van der Waals surface area contributed by atoms with Gasteiger partial charge in [-0.15, -0.1) is 0 Å². The zero-order chi connectivity index (χ0) is 14.3. The minimum Gasteiger partial charge on any atom is -0.384 e. The second-order valence-electron chi connectivity index (χ2n) is 5.31. The summed E-state index contributed by atoms with van der Waals surface area (Å²) in [5.41, 5.74) is 1.12. The molecule has 4 heteroatoms. The highest BCUT2D eigenvalue weighted by atomic mass is 15.2. The van der Waals surface area contributed by atoms with Crippen LogP contribution in [0.4, 0.5) is 11.5 Å². The summed E-state index contributed by atoms with van der Waals surface area (Å²) in [4.78, 5) is 6.75. The molecule has 19 heavy (non-hydrogen) atoms. The van der Waals surface area contributed by atoms with E-state index in [-0.39, 0.29) is 0 Å². The van der Waals surface area contributed by atoms with E-state index in [0.29, 0.717) is 12.1 Å². The van der Waals surface area contributed by atoms with Crippen molar-refractivity contribution in [3.8, 4) is 0 Å². The van der Waals surface area contributed by atoms with E-state index in [9.17, 15) is 0 Å². The van der Waals surface area contributed by atoms with Crippen LogP contribution in [0.15, 0.2) is 18.3 Å². The Bertz CT molecular complexity index is 355. The van der Waals surface area contributed by atoms with Gasteiger partial charge in [-0.25, -0.2) is 4.98 Å². The lowest BCUT2D eigenvalue weighted by molar-refractivity contribution is 0.182. The monoisotopic (exact) mass is 264 g/mol. The van der Waals surface area contributed by atoms with Crippen LogP contribution in [0.5, 0.6) is 0 Å². The van der Waals surface area contributed by atoms with Crippen LogP contribution >= 0.6 is 0 Å². The summed E-state index contributed by atoms with van der Waals surface area (Å²) in [5.74, 6) is 0.928. The van der Waals surface area contributed by atoms with Gasteiger partial charge in [-0.2, -0.15) is 0 Å². The van der Waals surface area contributed by atoms with Crippen LogP contribution in [0.1, 0.15) is 34.6 Å². The lowest BCUT2D eigenvalue weighted by atomic mass is 10.2. The van der Waals surface area contributed by atoms with Gasteiger partial charge in [0, 0.05) is 49.7 Å². The zero-order valence-electron chi connectivity index (χ0n) is 12.9. The number of aromatic nitrogens is 1. The predicted molar refractivity (Wildman–Crippen MR) is 83.9 cm³/mol. The van der Waals surface area contributed by atoms with Crippen molar-refractivity contribution in [1.82, 2.24) is 9.88 Å². The molecule has 1 aromatic heterocycles. The Morgan fingerprint density at radius 1 is 1.16 bits per heavy atom. The molecule has 0 aliphatic heterocycles. The molecule has 0 atom stereocenters.